The summed E-state index contributed by atoms with van der Waals surface area (Å²) in [5.74, 6) is -0.366. The van der Waals surface area contributed by atoms with Crippen LogP contribution in [-0.4, -0.2) is 72.1 Å². The standard InChI is InChI=1S/C26H30FN5O2/c1-17-20(6-7-24(28)30-17)25-18(2)29-9-8-21(25)19-4-5-22(23(27)16-19)26(33)32-12-10-31(11-13-32)14-15-34-3/h4-9,16H,10-15H2,1-3H3,(H2,28,30). The number of piperazine rings is 1. The molecule has 0 saturated carbocycles. The summed E-state index contributed by atoms with van der Waals surface area (Å²) >= 11 is 0. The van der Waals surface area contributed by atoms with Crippen molar-refractivity contribution in [3.63, 3.8) is 0 Å². The summed E-state index contributed by atoms with van der Waals surface area (Å²) in [6, 6.07) is 10.3. The van der Waals surface area contributed by atoms with Gasteiger partial charge < -0.3 is 15.4 Å². The van der Waals surface area contributed by atoms with Crippen LogP contribution in [0.15, 0.2) is 42.6 Å². The minimum absolute atomic E-state index is 0.0896. The van der Waals surface area contributed by atoms with E-state index >= 15 is 4.39 Å². The fourth-order valence-corrected chi connectivity index (χ4v) is 4.41. The molecule has 1 amide bonds. The van der Waals surface area contributed by atoms with Crippen molar-refractivity contribution in [2.75, 3.05) is 52.2 Å². The molecule has 0 unspecified atom stereocenters. The summed E-state index contributed by atoms with van der Waals surface area (Å²) in [7, 11) is 1.68. The van der Waals surface area contributed by atoms with Crippen LogP contribution < -0.4 is 5.73 Å². The number of benzene rings is 1. The van der Waals surface area contributed by atoms with Crippen LogP contribution in [0.5, 0.6) is 0 Å². The maximum absolute atomic E-state index is 15.2. The average molecular weight is 464 g/mol. The highest BCUT2D eigenvalue weighted by molar-refractivity contribution is 5.95. The Labute approximate surface area is 199 Å². The number of anilines is 1. The fourth-order valence-electron chi connectivity index (χ4n) is 4.41. The molecular weight excluding hydrogens is 433 g/mol. The van der Waals surface area contributed by atoms with Gasteiger partial charge in [-0.3, -0.25) is 14.7 Å². The van der Waals surface area contributed by atoms with Gasteiger partial charge in [0.05, 0.1) is 12.2 Å². The van der Waals surface area contributed by atoms with Crippen LogP contribution in [0.2, 0.25) is 0 Å². The summed E-state index contributed by atoms with van der Waals surface area (Å²) in [6.45, 7) is 7.94. The van der Waals surface area contributed by atoms with E-state index in [2.05, 4.69) is 14.9 Å². The zero-order valence-electron chi connectivity index (χ0n) is 19.8. The number of halogens is 1. The van der Waals surface area contributed by atoms with Gasteiger partial charge in [-0.05, 0) is 55.3 Å². The zero-order chi connectivity index (χ0) is 24.2. The van der Waals surface area contributed by atoms with Gasteiger partial charge >= 0.3 is 0 Å². The molecule has 1 aliphatic rings. The molecule has 7 nitrogen and oxygen atoms in total. The number of amides is 1. The third kappa shape index (κ3) is 4.93. The van der Waals surface area contributed by atoms with E-state index in [4.69, 9.17) is 10.5 Å². The smallest absolute Gasteiger partial charge is 0.256 e. The van der Waals surface area contributed by atoms with Crippen LogP contribution in [0.25, 0.3) is 22.3 Å². The number of hydrogen-bond donors (Lipinski definition) is 1. The lowest BCUT2D eigenvalue weighted by atomic mass is 9.92. The minimum atomic E-state index is -0.531. The molecule has 0 atom stereocenters. The number of aryl methyl sites for hydroxylation is 2. The third-order valence-corrected chi connectivity index (χ3v) is 6.30. The molecule has 178 valence electrons. The molecule has 3 heterocycles. The first-order chi connectivity index (χ1) is 16.4. The Hall–Kier alpha value is -3.36. The van der Waals surface area contributed by atoms with E-state index in [0.717, 1.165) is 47.7 Å². The van der Waals surface area contributed by atoms with Gasteiger partial charge in [0.2, 0.25) is 0 Å². The van der Waals surface area contributed by atoms with Gasteiger partial charge in [-0.25, -0.2) is 9.37 Å². The Morgan fingerprint density at radius 1 is 1.06 bits per heavy atom. The SMILES string of the molecule is COCCN1CCN(C(=O)c2ccc(-c3ccnc(C)c3-c3ccc(N)nc3C)cc2F)CC1. The van der Waals surface area contributed by atoms with Crippen LogP contribution >= 0.6 is 0 Å². The number of rotatable bonds is 6. The van der Waals surface area contributed by atoms with Crippen molar-refractivity contribution in [1.29, 1.82) is 0 Å². The van der Waals surface area contributed by atoms with Crippen molar-refractivity contribution in [3.05, 3.63) is 65.4 Å². The summed E-state index contributed by atoms with van der Waals surface area (Å²) in [5.41, 5.74) is 10.8. The molecule has 8 heteroatoms. The van der Waals surface area contributed by atoms with Crippen molar-refractivity contribution in [1.82, 2.24) is 19.8 Å². The first-order valence-electron chi connectivity index (χ1n) is 11.4. The van der Waals surface area contributed by atoms with E-state index in [1.807, 2.05) is 26.0 Å². The van der Waals surface area contributed by atoms with E-state index in [1.165, 1.54) is 6.07 Å². The highest BCUT2D eigenvalue weighted by atomic mass is 19.1. The van der Waals surface area contributed by atoms with Gasteiger partial charge in [0.15, 0.2) is 0 Å². The molecule has 1 aromatic carbocycles. The summed E-state index contributed by atoms with van der Waals surface area (Å²) in [5, 5.41) is 0. The molecule has 0 radical (unpaired) electrons. The number of carbonyl (C=O) groups excluding carboxylic acids is 1. The maximum atomic E-state index is 15.2. The molecule has 2 aromatic heterocycles. The van der Waals surface area contributed by atoms with Crippen molar-refractivity contribution < 1.29 is 13.9 Å². The number of pyridine rings is 2. The monoisotopic (exact) mass is 463 g/mol. The average Bonchev–Trinajstić information content (AvgIpc) is 2.83. The second kappa shape index (κ2) is 10.3. The number of nitrogen functional groups attached to an aromatic ring is 1. The number of nitrogens with zero attached hydrogens (tertiary/aromatic N) is 4. The lowest BCUT2D eigenvalue weighted by Crippen LogP contribution is -2.49. The molecule has 3 aromatic rings. The molecule has 0 bridgehead atoms. The summed E-state index contributed by atoms with van der Waals surface area (Å²) in [6.07, 6.45) is 1.70. The minimum Gasteiger partial charge on any atom is -0.384 e. The second-order valence-corrected chi connectivity index (χ2v) is 8.51. The van der Waals surface area contributed by atoms with Crippen molar-refractivity contribution in [2.45, 2.75) is 13.8 Å². The molecule has 4 rings (SSSR count). The van der Waals surface area contributed by atoms with Crippen molar-refractivity contribution in [3.8, 4) is 22.3 Å². The van der Waals surface area contributed by atoms with E-state index in [1.54, 1.807) is 36.4 Å². The number of methoxy groups -OCH3 is 1. The second-order valence-electron chi connectivity index (χ2n) is 8.51. The first kappa shape index (κ1) is 23.8. The van der Waals surface area contributed by atoms with Gasteiger partial charge in [0.1, 0.15) is 11.6 Å². The number of nitrogens with two attached hydrogens (primary N) is 1. The maximum Gasteiger partial charge on any atom is 0.256 e. The Balaban J connectivity index is 1.60. The van der Waals surface area contributed by atoms with Gasteiger partial charge in [-0.15, -0.1) is 0 Å². The largest absolute Gasteiger partial charge is 0.384 e. The predicted octanol–water partition coefficient (Wildman–Crippen LogP) is 3.55. The number of carbonyl (C=O) groups is 1. The molecule has 0 spiro atoms. The fraction of sp³-hybridized carbons (Fsp3) is 0.346. The van der Waals surface area contributed by atoms with Crippen LogP contribution in [0.3, 0.4) is 0 Å². The Kier molecular flexibility index (Phi) is 7.19. The Morgan fingerprint density at radius 2 is 1.82 bits per heavy atom. The van der Waals surface area contributed by atoms with E-state index in [0.29, 0.717) is 31.1 Å². The zero-order valence-corrected chi connectivity index (χ0v) is 19.8. The molecular formula is C26H30FN5O2. The van der Waals surface area contributed by atoms with Crippen LogP contribution in [0.1, 0.15) is 21.7 Å². The molecule has 1 fully saturated rings. The van der Waals surface area contributed by atoms with Crippen molar-refractivity contribution in [2.24, 2.45) is 0 Å². The molecule has 1 saturated heterocycles. The number of aromatic nitrogens is 2. The quantitative estimate of drug-likeness (QED) is 0.602. The highest BCUT2D eigenvalue weighted by Crippen LogP contribution is 2.36. The van der Waals surface area contributed by atoms with E-state index in [-0.39, 0.29) is 11.5 Å². The number of ether oxygens (including phenoxy) is 1. The predicted molar refractivity (Wildman–Crippen MR) is 131 cm³/mol. The van der Waals surface area contributed by atoms with Crippen molar-refractivity contribution >= 4 is 11.7 Å². The molecule has 2 N–H and O–H groups in total. The van der Waals surface area contributed by atoms with E-state index in [9.17, 15) is 4.79 Å². The summed E-state index contributed by atoms with van der Waals surface area (Å²) in [4.78, 5) is 25.8. The topological polar surface area (TPSA) is 84.6 Å². The van der Waals surface area contributed by atoms with Crippen LogP contribution in [0, 0.1) is 19.7 Å². The number of hydrogen-bond acceptors (Lipinski definition) is 6. The molecule has 34 heavy (non-hydrogen) atoms. The van der Waals surface area contributed by atoms with Crippen LogP contribution in [0.4, 0.5) is 10.2 Å². The molecule has 0 aliphatic carbocycles. The van der Waals surface area contributed by atoms with Gasteiger partial charge in [-0.1, -0.05) is 6.07 Å². The normalized spacial score (nSPS) is 14.4. The Bertz CT molecular complexity index is 1190. The first-order valence-corrected chi connectivity index (χ1v) is 11.4. The van der Waals surface area contributed by atoms with Gasteiger partial charge in [0, 0.05) is 68.5 Å². The Morgan fingerprint density at radius 3 is 2.50 bits per heavy atom. The van der Waals surface area contributed by atoms with Gasteiger partial charge in [-0.2, -0.15) is 0 Å². The van der Waals surface area contributed by atoms with Crippen LogP contribution in [-0.2, 0) is 4.74 Å². The van der Waals surface area contributed by atoms with Gasteiger partial charge in [0.25, 0.3) is 5.91 Å². The highest BCUT2D eigenvalue weighted by Gasteiger charge is 2.24. The summed E-state index contributed by atoms with van der Waals surface area (Å²) < 4.78 is 20.4. The molecule has 1 aliphatic heterocycles. The lowest BCUT2D eigenvalue weighted by Gasteiger charge is -2.34. The lowest BCUT2D eigenvalue weighted by molar-refractivity contribution is 0.0590. The third-order valence-electron chi connectivity index (χ3n) is 6.30. The van der Waals surface area contributed by atoms with E-state index < -0.39 is 5.82 Å².